The van der Waals surface area contributed by atoms with Crippen molar-refractivity contribution < 1.29 is 14.3 Å². The van der Waals surface area contributed by atoms with Gasteiger partial charge in [-0.15, -0.1) is 10.2 Å². The van der Waals surface area contributed by atoms with Crippen LogP contribution in [0.2, 0.25) is 0 Å². The molecule has 1 amide bonds. The van der Waals surface area contributed by atoms with E-state index in [9.17, 15) is 4.79 Å². The Kier molecular flexibility index (Phi) is 5.01. The highest BCUT2D eigenvalue weighted by Crippen LogP contribution is 2.32. The number of hydrogen-bond donors (Lipinski definition) is 0. The lowest BCUT2D eigenvalue weighted by molar-refractivity contribution is 0.0783. The van der Waals surface area contributed by atoms with Crippen molar-refractivity contribution in [3.05, 3.63) is 35.9 Å². The number of methoxy groups -OCH3 is 2. The lowest BCUT2D eigenvalue weighted by Gasteiger charge is -2.18. The molecule has 2 fully saturated rings. The molecule has 0 N–H and O–H groups in total. The third kappa shape index (κ3) is 3.91. The van der Waals surface area contributed by atoms with Crippen molar-refractivity contribution >= 4 is 5.91 Å². The first-order chi connectivity index (χ1) is 13.2. The Hall–Kier alpha value is -2.57. The minimum absolute atomic E-state index is 0.0106. The van der Waals surface area contributed by atoms with Gasteiger partial charge in [-0.3, -0.25) is 4.79 Å². The summed E-state index contributed by atoms with van der Waals surface area (Å²) in [5.74, 6) is 3.49. The van der Waals surface area contributed by atoms with E-state index in [-0.39, 0.29) is 5.91 Å². The monoisotopic (exact) mass is 370 g/mol. The quantitative estimate of drug-likeness (QED) is 0.749. The fourth-order valence-corrected chi connectivity index (χ4v) is 3.76. The maximum absolute atomic E-state index is 13.0. The summed E-state index contributed by atoms with van der Waals surface area (Å²) in [6.07, 6.45) is 6.32. The summed E-state index contributed by atoms with van der Waals surface area (Å²) in [4.78, 5) is 14.9. The summed E-state index contributed by atoms with van der Waals surface area (Å²) in [6.45, 7) is 2.53. The van der Waals surface area contributed by atoms with Crippen molar-refractivity contribution in [2.75, 3.05) is 27.3 Å². The van der Waals surface area contributed by atoms with Crippen LogP contribution in [-0.4, -0.2) is 52.9 Å². The van der Waals surface area contributed by atoms with Gasteiger partial charge in [-0.2, -0.15) is 0 Å². The average molecular weight is 370 g/mol. The number of likely N-dealkylation sites (tertiary alicyclic amines) is 1. The van der Waals surface area contributed by atoms with Crippen LogP contribution in [0.25, 0.3) is 0 Å². The highest BCUT2D eigenvalue weighted by Gasteiger charge is 2.30. The first kappa shape index (κ1) is 17.8. The summed E-state index contributed by atoms with van der Waals surface area (Å²) >= 11 is 0. The number of benzene rings is 1. The van der Waals surface area contributed by atoms with Crippen molar-refractivity contribution in [2.45, 2.75) is 32.2 Å². The van der Waals surface area contributed by atoms with E-state index in [4.69, 9.17) is 9.47 Å². The Morgan fingerprint density at radius 1 is 1.19 bits per heavy atom. The largest absolute Gasteiger partial charge is 0.497 e. The number of ether oxygens (including phenoxy) is 2. The van der Waals surface area contributed by atoms with Crippen molar-refractivity contribution in [3.63, 3.8) is 0 Å². The maximum atomic E-state index is 13.0. The average Bonchev–Trinajstić information content (AvgIpc) is 3.21. The summed E-state index contributed by atoms with van der Waals surface area (Å²) < 4.78 is 12.8. The fourth-order valence-electron chi connectivity index (χ4n) is 3.76. The zero-order chi connectivity index (χ0) is 18.8. The molecule has 0 bridgehead atoms. The summed E-state index contributed by atoms with van der Waals surface area (Å²) in [6, 6.07) is 5.32. The second-order valence-corrected chi connectivity index (χ2v) is 7.52. The molecule has 27 heavy (non-hydrogen) atoms. The van der Waals surface area contributed by atoms with E-state index in [2.05, 4.69) is 14.8 Å². The van der Waals surface area contributed by atoms with Crippen LogP contribution in [0.4, 0.5) is 0 Å². The lowest BCUT2D eigenvalue weighted by Crippen LogP contribution is -2.29. The number of amides is 1. The van der Waals surface area contributed by atoms with Gasteiger partial charge in [0.2, 0.25) is 0 Å². The third-order valence-corrected chi connectivity index (χ3v) is 5.53. The minimum Gasteiger partial charge on any atom is -0.497 e. The Morgan fingerprint density at radius 2 is 2.04 bits per heavy atom. The molecule has 1 aliphatic heterocycles. The molecule has 2 heterocycles. The number of carbonyl (C=O) groups excluding carboxylic acids is 1. The van der Waals surface area contributed by atoms with Gasteiger partial charge in [-0.05, 0) is 43.2 Å². The van der Waals surface area contributed by atoms with Gasteiger partial charge in [0.1, 0.15) is 23.7 Å². The van der Waals surface area contributed by atoms with Crippen LogP contribution in [0.1, 0.15) is 35.4 Å². The summed E-state index contributed by atoms with van der Waals surface area (Å²) in [5, 5.41) is 8.40. The molecule has 7 heteroatoms. The number of nitrogens with zero attached hydrogens (tertiary/aromatic N) is 4. The molecule has 1 saturated heterocycles. The molecule has 2 aliphatic rings. The van der Waals surface area contributed by atoms with Gasteiger partial charge < -0.3 is 18.9 Å². The predicted octanol–water partition coefficient (Wildman–Crippen LogP) is 2.41. The van der Waals surface area contributed by atoms with Crippen molar-refractivity contribution in [1.82, 2.24) is 19.7 Å². The highest BCUT2D eigenvalue weighted by atomic mass is 16.5. The van der Waals surface area contributed by atoms with Crippen molar-refractivity contribution in [3.8, 4) is 11.5 Å². The minimum atomic E-state index is 0.0106. The molecule has 7 nitrogen and oxygen atoms in total. The topological polar surface area (TPSA) is 69.5 Å². The zero-order valence-corrected chi connectivity index (χ0v) is 15.9. The molecule has 1 saturated carbocycles. The van der Waals surface area contributed by atoms with Crippen LogP contribution >= 0.6 is 0 Å². The Bertz CT molecular complexity index is 815. The van der Waals surface area contributed by atoms with Crippen LogP contribution in [-0.2, 0) is 13.0 Å². The fraction of sp³-hybridized carbons (Fsp3) is 0.550. The SMILES string of the molecule is COc1ccc(C(=O)N2CCC(Cc3nncn3CC3CC3)C2)c(OC)c1. The molecular formula is C20H26N4O3. The second-order valence-electron chi connectivity index (χ2n) is 7.52. The number of carbonyl (C=O) groups is 1. The number of aromatic nitrogens is 3. The lowest BCUT2D eigenvalue weighted by atomic mass is 10.0. The van der Waals surface area contributed by atoms with E-state index in [1.54, 1.807) is 32.4 Å². The zero-order valence-electron chi connectivity index (χ0n) is 15.9. The number of rotatable bonds is 7. The van der Waals surface area contributed by atoms with Crippen molar-refractivity contribution in [1.29, 1.82) is 0 Å². The van der Waals surface area contributed by atoms with Crippen LogP contribution in [0, 0.1) is 11.8 Å². The Labute approximate surface area is 159 Å². The van der Waals surface area contributed by atoms with E-state index < -0.39 is 0 Å². The Balaban J connectivity index is 1.40. The molecule has 1 unspecified atom stereocenters. The van der Waals surface area contributed by atoms with E-state index in [0.29, 0.717) is 23.0 Å². The van der Waals surface area contributed by atoms with Gasteiger partial charge in [0.25, 0.3) is 5.91 Å². The predicted molar refractivity (Wildman–Crippen MR) is 100 cm³/mol. The van der Waals surface area contributed by atoms with Gasteiger partial charge in [0, 0.05) is 32.1 Å². The molecule has 1 aromatic heterocycles. The van der Waals surface area contributed by atoms with E-state index in [0.717, 1.165) is 44.2 Å². The molecule has 0 radical (unpaired) electrons. The standard InChI is InChI=1S/C20H26N4O3/c1-26-16-5-6-17(18(10-16)27-2)20(25)23-8-7-15(12-23)9-19-22-21-13-24(19)11-14-3-4-14/h5-6,10,13-15H,3-4,7-9,11-12H2,1-2H3. The molecule has 144 valence electrons. The number of hydrogen-bond acceptors (Lipinski definition) is 5. The first-order valence-electron chi connectivity index (χ1n) is 9.56. The Morgan fingerprint density at radius 3 is 2.78 bits per heavy atom. The van der Waals surface area contributed by atoms with E-state index in [1.807, 2.05) is 11.2 Å². The van der Waals surface area contributed by atoms with Gasteiger partial charge >= 0.3 is 0 Å². The summed E-state index contributed by atoms with van der Waals surface area (Å²) in [5.41, 5.74) is 0.579. The highest BCUT2D eigenvalue weighted by molar-refractivity contribution is 5.97. The van der Waals surface area contributed by atoms with Gasteiger partial charge in [0.15, 0.2) is 0 Å². The molecule has 4 rings (SSSR count). The van der Waals surface area contributed by atoms with Gasteiger partial charge in [-0.25, -0.2) is 0 Å². The van der Waals surface area contributed by atoms with E-state index in [1.165, 1.54) is 12.8 Å². The molecule has 1 aromatic carbocycles. The van der Waals surface area contributed by atoms with E-state index >= 15 is 0 Å². The van der Waals surface area contributed by atoms with Crippen LogP contribution in [0.15, 0.2) is 24.5 Å². The second kappa shape index (κ2) is 7.58. The smallest absolute Gasteiger partial charge is 0.257 e. The summed E-state index contributed by atoms with van der Waals surface area (Å²) in [7, 11) is 3.17. The maximum Gasteiger partial charge on any atom is 0.257 e. The third-order valence-electron chi connectivity index (χ3n) is 5.53. The first-order valence-corrected chi connectivity index (χ1v) is 9.56. The molecule has 0 spiro atoms. The normalized spacial score (nSPS) is 19.3. The van der Waals surface area contributed by atoms with Gasteiger partial charge in [-0.1, -0.05) is 0 Å². The molecule has 1 atom stereocenters. The van der Waals surface area contributed by atoms with Gasteiger partial charge in [0.05, 0.1) is 19.8 Å². The molecule has 2 aromatic rings. The van der Waals surface area contributed by atoms with Crippen molar-refractivity contribution in [2.24, 2.45) is 11.8 Å². The molecular weight excluding hydrogens is 344 g/mol. The van der Waals surface area contributed by atoms with Crippen LogP contribution < -0.4 is 9.47 Å². The molecule has 1 aliphatic carbocycles. The van der Waals surface area contributed by atoms with Crippen LogP contribution in [0.5, 0.6) is 11.5 Å². The van der Waals surface area contributed by atoms with Crippen LogP contribution in [0.3, 0.4) is 0 Å².